The Hall–Kier alpha value is -0.0400. The molecule has 0 amide bonds. The van der Waals surface area contributed by atoms with E-state index in [0.717, 1.165) is 12.8 Å². The Kier molecular flexibility index (Phi) is 1.80. The zero-order chi connectivity index (χ0) is 6.91. The summed E-state index contributed by atoms with van der Waals surface area (Å²) in [6.45, 7) is 4.35. The molecule has 9 heavy (non-hydrogen) atoms. The Morgan fingerprint density at radius 1 is 1.67 bits per heavy atom. The Labute approximate surface area is 57.1 Å². The minimum atomic E-state index is -0.0255. The van der Waals surface area contributed by atoms with Gasteiger partial charge in [-0.1, -0.05) is 20.3 Å². The smallest absolute Gasteiger partial charge is 0.0593 e. The van der Waals surface area contributed by atoms with E-state index in [-0.39, 0.29) is 11.5 Å². The third-order valence-electron chi connectivity index (χ3n) is 2.84. The first-order valence-corrected chi connectivity index (χ1v) is 3.87. The lowest BCUT2D eigenvalue weighted by molar-refractivity contribution is 0.0634. The molecule has 0 aromatic heterocycles. The van der Waals surface area contributed by atoms with Crippen molar-refractivity contribution < 1.29 is 5.11 Å². The lowest BCUT2D eigenvalue weighted by Gasteiger charge is -2.25. The molecule has 0 unspecified atom stereocenters. The fourth-order valence-electron chi connectivity index (χ4n) is 1.63. The molecule has 1 saturated carbocycles. The van der Waals surface area contributed by atoms with Gasteiger partial charge in [0.2, 0.25) is 0 Å². The Morgan fingerprint density at radius 3 is 2.56 bits per heavy atom. The quantitative estimate of drug-likeness (QED) is 0.572. The van der Waals surface area contributed by atoms with Gasteiger partial charge < -0.3 is 5.11 Å². The highest BCUT2D eigenvalue weighted by atomic mass is 16.3. The van der Waals surface area contributed by atoms with Crippen LogP contribution in [0.25, 0.3) is 0 Å². The minimum absolute atomic E-state index is 0.0255. The van der Waals surface area contributed by atoms with Crippen molar-refractivity contribution in [3.63, 3.8) is 0 Å². The molecule has 1 rings (SSSR count). The summed E-state index contributed by atoms with van der Waals surface area (Å²) < 4.78 is 0. The average Bonchev–Trinajstić information content (AvgIpc) is 2.15. The van der Waals surface area contributed by atoms with E-state index >= 15 is 0 Å². The van der Waals surface area contributed by atoms with Crippen LogP contribution in [0.3, 0.4) is 0 Å². The molecule has 2 atom stereocenters. The first kappa shape index (κ1) is 7.07. The van der Waals surface area contributed by atoms with Gasteiger partial charge in [0.1, 0.15) is 0 Å². The summed E-state index contributed by atoms with van der Waals surface area (Å²) in [7, 11) is 0. The lowest BCUT2D eigenvalue weighted by atomic mass is 9.84. The van der Waals surface area contributed by atoms with Gasteiger partial charge in [-0.2, -0.15) is 0 Å². The summed E-state index contributed by atoms with van der Waals surface area (Å²) in [5.74, 6) is 0. The van der Waals surface area contributed by atoms with Gasteiger partial charge in [0.15, 0.2) is 0 Å². The van der Waals surface area contributed by atoms with Gasteiger partial charge in [-0.25, -0.2) is 0 Å². The highest BCUT2D eigenvalue weighted by Crippen LogP contribution is 2.40. The van der Waals surface area contributed by atoms with Crippen molar-refractivity contribution in [3.8, 4) is 0 Å². The topological polar surface area (TPSA) is 20.2 Å². The number of rotatable bonds is 1. The number of hydrogen-bond acceptors (Lipinski definition) is 1. The zero-order valence-electron chi connectivity index (χ0n) is 6.35. The summed E-state index contributed by atoms with van der Waals surface area (Å²) in [5.41, 5.74) is 0.250. The Balaban J connectivity index is 2.56. The van der Waals surface area contributed by atoms with Gasteiger partial charge in [0, 0.05) is 0 Å². The zero-order valence-corrected chi connectivity index (χ0v) is 6.35. The lowest BCUT2D eigenvalue weighted by Crippen LogP contribution is -2.24. The molecule has 0 bridgehead atoms. The highest BCUT2D eigenvalue weighted by molar-refractivity contribution is 4.86. The molecular formula is C8H16O. The van der Waals surface area contributed by atoms with Gasteiger partial charge in [0.05, 0.1) is 6.10 Å². The molecule has 1 aliphatic carbocycles. The molecule has 1 heteroatoms. The van der Waals surface area contributed by atoms with Crippen molar-refractivity contribution >= 4 is 0 Å². The normalized spacial score (nSPS) is 43.7. The SMILES string of the molecule is CC[C@]1(C)CCC[C@H]1O. The van der Waals surface area contributed by atoms with Crippen LogP contribution in [-0.2, 0) is 0 Å². The molecule has 0 spiro atoms. The molecule has 0 aromatic rings. The van der Waals surface area contributed by atoms with Gasteiger partial charge in [-0.3, -0.25) is 0 Å². The maximum absolute atomic E-state index is 9.45. The third kappa shape index (κ3) is 1.11. The van der Waals surface area contributed by atoms with Crippen molar-refractivity contribution in [1.29, 1.82) is 0 Å². The molecule has 54 valence electrons. The number of hydrogen-bond donors (Lipinski definition) is 1. The second kappa shape index (κ2) is 2.30. The van der Waals surface area contributed by atoms with Crippen LogP contribution in [0.2, 0.25) is 0 Å². The number of aliphatic hydroxyl groups excluding tert-OH is 1. The van der Waals surface area contributed by atoms with E-state index in [4.69, 9.17) is 0 Å². The number of aliphatic hydroxyl groups is 1. The average molecular weight is 128 g/mol. The highest BCUT2D eigenvalue weighted by Gasteiger charge is 2.35. The molecule has 0 aliphatic heterocycles. The predicted octanol–water partition coefficient (Wildman–Crippen LogP) is 1.95. The van der Waals surface area contributed by atoms with Gasteiger partial charge in [0.25, 0.3) is 0 Å². The fourth-order valence-corrected chi connectivity index (χ4v) is 1.63. The minimum Gasteiger partial charge on any atom is -0.393 e. The Bertz CT molecular complexity index is 101. The molecule has 1 nitrogen and oxygen atoms in total. The van der Waals surface area contributed by atoms with Crippen LogP contribution in [-0.4, -0.2) is 11.2 Å². The summed E-state index contributed by atoms with van der Waals surface area (Å²) in [6, 6.07) is 0. The van der Waals surface area contributed by atoms with Crippen molar-refractivity contribution in [2.24, 2.45) is 5.41 Å². The summed E-state index contributed by atoms with van der Waals surface area (Å²) >= 11 is 0. The third-order valence-corrected chi connectivity index (χ3v) is 2.84. The fraction of sp³-hybridized carbons (Fsp3) is 1.00. The van der Waals surface area contributed by atoms with Crippen molar-refractivity contribution in [1.82, 2.24) is 0 Å². The van der Waals surface area contributed by atoms with Crippen LogP contribution in [0.4, 0.5) is 0 Å². The summed E-state index contributed by atoms with van der Waals surface area (Å²) in [4.78, 5) is 0. The standard InChI is InChI=1S/C8H16O/c1-3-8(2)6-4-5-7(8)9/h7,9H,3-6H2,1-2H3/t7-,8-/m1/s1. The van der Waals surface area contributed by atoms with E-state index in [1.54, 1.807) is 0 Å². The van der Waals surface area contributed by atoms with Gasteiger partial charge in [-0.05, 0) is 24.7 Å². The largest absolute Gasteiger partial charge is 0.393 e. The molecule has 0 heterocycles. The van der Waals surface area contributed by atoms with Crippen LogP contribution in [0.15, 0.2) is 0 Å². The first-order chi connectivity index (χ1) is 4.19. The van der Waals surface area contributed by atoms with E-state index in [9.17, 15) is 5.11 Å². The van der Waals surface area contributed by atoms with Crippen LogP contribution in [0, 0.1) is 5.41 Å². The van der Waals surface area contributed by atoms with Crippen molar-refractivity contribution in [2.75, 3.05) is 0 Å². The maximum atomic E-state index is 9.45. The molecule has 1 fully saturated rings. The first-order valence-electron chi connectivity index (χ1n) is 3.87. The predicted molar refractivity (Wildman–Crippen MR) is 38.3 cm³/mol. The monoisotopic (exact) mass is 128 g/mol. The van der Waals surface area contributed by atoms with Crippen LogP contribution >= 0.6 is 0 Å². The molecular weight excluding hydrogens is 112 g/mol. The Morgan fingerprint density at radius 2 is 2.33 bits per heavy atom. The van der Waals surface area contributed by atoms with Crippen molar-refractivity contribution in [2.45, 2.75) is 45.6 Å². The van der Waals surface area contributed by atoms with Crippen LogP contribution < -0.4 is 0 Å². The van der Waals surface area contributed by atoms with E-state index in [1.165, 1.54) is 12.8 Å². The second-order valence-corrected chi connectivity index (χ2v) is 3.42. The molecule has 1 N–H and O–H groups in total. The van der Waals surface area contributed by atoms with Gasteiger partial charge >= 0.3 is 0 Å². The van der Waals surface area contributed by atoms with Crippen LogP contribution in [0.5, 0.6) is 0 Å². The van der Waals surface area contributed by atoms with Crippen LogP contribution in [0.1, 0.15) is 39.5 Å². The molecule has 1 aliphatic rings. The van der Waals surface area contributed by atoms with Gasteiger partial charge in [-0.15, -0.1) is 0 Å². The summed E-state index contributed by atoms with van der Waals surface area (Å²) in [6.07, 6.45) is 4.54. The summed E-state index contributed by atoms with van der Waals surface area (Å²) in [5, 5.41) is 9.45. The maximum Gasteiger partial charge on any atom is 0.0593 e. The molecule has 0 aromatic carbocycles. The van der Waals surface area contributed by atoms with Crippen molar-refractivity contribution in [3.05, 3.63) is 0 Å². The molecule has 0 radical (unpaired) electrons. The van der Waals surface area contributed by atoms with E-state index < -0.39 is 0 Å². The molecule has 0 saturated heterocycles. The van der Waals surface area contributed by atoms with E-state index in [1.807, 2.05) is 0 Å². The second-order valence-electron chi connectivity index (χ2n) is 3.42. The van der Waals surface area contributed by atoms with E-state index in [0.29, 0.717) is 0 Å². The van der Waals surface area contributed by atoms with E-state index in [2.05, 4.69) is 13.8 Å².